The number of aliphatic carboxylic acids is 2. The molecular weight excluding hydrogens is 193 g/mol. The summed E-state index contributed by atoms with van der Waals surface area (Å²) in [7, 11) is 0. The predicted molar refractivity (Wildman–Crippen MR) is 25.2 cm³/mol. The van der Waals surface area contributed by atoms with Crippen molar-refractivity contribution in [3.63, 3.8) is 0 Å². The average Bonchev–Trinajstić information content (AvgIpc) is 1.61. The largest absolute Gasteiger partial charge is 2.00 e. The first-order chi connectivity index (χ1) is 3.63. The zero-order valence-electron chi connectivity index (χ0n) is 5.24. The molecule has 0 aromatic carbocycles. The minimum atomic E-state index is -1.08. The van der Waals surface area contributed by atoms with Gasteiger partial charge in [-0.3, -0.25) is 9.59 Å². The van der Waals surface area contributed by atoms with Crippen molar-refractivity contribution in [3.05, 3.63) is 0 Å². The molecular formula is C4H6O5Zn. The minimum absolute atomic E-state index is 0. The van der Waals surface area contributed by atoms with Gasteiger partial charge < -0.3 is 15.7 Å². The summed E-state index contributed by atoms with van der Waals surface area (Å²) in [4.78, 5) is 19.3. The van der Waals surface area contributed by atoms with Crippen molar-refractivity contribution < 1.29 is 44.8 Å². The Labute approximate surface area is 70.1 Å². The molecule has 10 heavy (non-hydrogen) atoms. The molecule has 54 valence electrons. The Balaban J connectivity index is -0.000000245. The molecule has 0 aromatic heterocycles. The van der Waals surface area contributed by atoms with E-state index in [1.807, 2.05) is 0 Å². The molecule has 0 bridgehead atoms. The SMILES string of the molecule is O=C(O)CCC(=O)O.[O-2].[Zn+2]. The maximum absolute atomic E-state index is 9.64. The zero-order valence-corrected chi connectivity index (χ0v) is 8.21. The molecule has 0 spiro atoms. The molecule has 0 aliphatic carbocycles. The van der Waals surface area contributed by atoms with Crippen LogP contribution in [0.25, 0.3) is 0 Å². The molecule has 0 unspecified atom stereocenters. The van der Waals surface area contributed by atoms with Gasteiger partial charge in [-0.15, -0.1) is 0 Å². The van der Waals surface area contributed by atoms with E-state index in [0.717, 1.165) is 0 Å². The van der Waals surface area contributed by atoms with Crippen LogP contribution >= 0.6 is 0 Å². The van der Waals surface area contributed by atoms with E-state index in [1.54, 1.807) is 0 Å². The molecule has 0 saturated carbocycles. The summed E-state index contributed by atoms with van der Waals surface area (Å²) in [6.07, 6.45) is -0.593. The quantitative estimate of drug-likeness (QED) is 0.615. The van der Waals surface area contributed by atoms with Gasteiger partial charge in [0.2, 0.25) is 0 Å². The van der Waals surface area contributed by atoms with Crippen molar-refractivity contribution in [3.8, 4) is 0 Å². The monoisotopic (exact) mass is 198 g/mol. The predicted octanol–water partition coefficient (Wildman–Crippen LogP) is -0.186. The van der Waals surface area contributed by atoms with E-state index in [-0.39, 0.29) is 37.8 Å². The Hall–Kier alpha value is -0.477. The van der Waals surface area contributed by atoms with Gasteiger partial charge in [0.05, 0.1) is 12.8 Å². The van der Waals surface area contributed by atoms with Crippen molar-refractivity contribution >= 4 is 11.9 Å². The third kappa shape index (κ3) is 15.6. The van der Waals surface area contributed by atoms with Crippen LogP contribution in [-0.2, 0) is 34.5 Å². The van der Waals surface area contributed by atoms with Gasteiger partial charge in [-0.2, -0.15) is 0 Å². The molecule has 0 saturated heterocycles. The van der Waals surface area contributed by atoms with Gasteiger partial charge in [-0.05, 0) is 0 Å². The van der Waals surface area contributed by atoms with E-state index in [9.17, 15) is 9.59 Å². The molecule has 0 amide bonds. The number of carbonyl (C=O) groups is 2. The number of carboxylic acid groups (broad SMARTS) is 2. The summed E-state index contributed by atoms with van der Waals surface area (Å²) < 4.78 is 0. The van der Waals surface area contributed by atoms with Gasteiger partial charge >= 0.3 is 31.4 Å². The molecule has 6 heteroatoms. The molecule has 0 heterocycles. The van der Waals surface area contributed by atoms with Gasteiger partial charge in [0.15, 0.2) is 0 Å². The number of carboxylic acids is 2. The first-order valence-corrected chi connectivity index (χ1v) is 2.06. The smallest absolute Gasteiger partial charge is 2.00 e. The van der Waals surface area contributed by atoms with Gasteiger partial charge in [0.25, 0.3) is 0 Å². The molecule has 0 fully saturated rings. The van der Waals surface area contributed by atoms with Crippen LogP contribution in [-0.4, -0.2) is 22.2 Å². The molecule has 0 aliphatic heterocycles. The maximum atomic E-state index is 9.64. The number of hydrogen-bond donors (Lipinski definition) is 2. The molecule has 0 radical (unpaired) electrons. The van der Waals surface area contributed by atoms with Gasteiger partial charge in [-0.25, -0.2) is 0 Å². The van der Waals surface area contributed by atoms with E-state index in [4.69, 9.17) is 10.2 Å². The van der Waals surface area contributed by atoms with Crippen LogP contribution in [0.1, 0.15) is 12.8 Å². The fourth-order valence-corrected chi connectivity index (χ4v) is 0.214. The van der Waals surface area contributed by atoms with E-state index >= 15 is 0 Å². The minimum Gasteiger partial charge on any atom is -2.00 e. The molecule has 5 nitrogen and oxygen atoms in total. The van der Waals surface area contributed by atoms with Crippen molar-refractivity contribution in [1.82, 2.24) is 0 Å². The first kappa shape index (κ1) is 16.3. The molecule has 2 N–H and O–H groups in total. The van der Waals surface area contributed by atoms with Crippen LogP contribution in [0.15, 0.2) is 0 Å². The van der Waals surface area contributed by atoms with Gasteiger partial charge in [0, 0.05) is 0 Å². The average molecular weight is 199 g/mol. The van der Waals surface area contributed by atoms with E-state index in [2.05, 4.69) is 0 Å². The Bertz CT molecular complexity index is 98.2. The van der Waals surface area contributed by atoms with Crippen LogP contribution in [0.2, 0.25) is 0 Å². The Morgan fingerprint density at radius 3 is 1.30 bits per heavy atom. The van der Waals surface area contributed by atoms with Crippen LogP contribution in [0.4, 0.5) is 0 Å². The summed E-state index contributed by atoms with van der Waals surface area (Å²) in [6.45, 7) is 0. The van der Waals surface area contributed by atoms with E-state index in [0.29, 0.717) is 0 Å². The summed E-state index contributed by atoms with van der Waals surface area (Å²) in [5.74, 6) is -2.15. The van der Waals surface area contributed by atoms with Crippen LogP contribution < -0.4 is 0 Å². The zero-order chi connectivity index (χ0) is 6.57. The molecule has 0 aromatic rings. The third-order valence-corrected chi connectivity index (χ3v) is 0.553. The van der Waals surface area contributed by atoms with Gasteiger partial charge in [0.1, 0.15) is 0 Å². The number of rotatable bonds is 3. The molecule has 0 aliphatic rings. The second-order valence-electron chi connectivity index (χ2n) is 1.29. The van der Waals surface area contributed by atoms with Crippen LogP contribution in [0.5, 0.6) is 0 Å². The van der Waals surface area contributed by atoms with Crippen molar-refractivity contribution in [2.75, 3.05) is 0 Å². The standard InChI is InChI=1S/C4H6O4.O.Zn/c5-3(6)1-2-4(7)8;;/h1-2H2,(H,5,6)(H,7,8);;/q;-2;+2. The molecule has 0 atom stereocenters. The number of hydrogen-bond acceptors (Lipinski definition) is 2. The normalized spacial score (nSPS) is 6.80. The van der Waals surface area contributed by atoms with Crippen LogP contribution in [0.3, 0.4) is 0 Å². The Morgan fingerprint density at radius 1 is 1.00 bits per heavy atom. The van der Waals surface area contributed by atoms with Crippen molar-refractivity contribution in [2.45, 2.75) is 12.8 Å². The van der Waals surface area contributed by atoms with Gasteiger partial charge in [-0.1, -0.05) is 0 Å². The fourth-order valence-electron chi connectivity index (χ4n) is 0.214. The topological polar surface area (TPSA) is 103 Å². The van der Waals surface area contributed by atoms with E-state index < -0.39 is 11.9 Å². The molecule has 0 rings (SSSR count). The third-order valence-electron chi connectivity index (χ3n) is 0.553. The van der Waals surface area contributed by atoms with E-state index in [1.165, 1.54) is 0 Å². The van der Waals surface area contributed by atoms with Crippen molar-refractivity contribution in [1.29, 1.82) is 0 Å². The second kappa shape index (κ2) is 8.52. The summed E-state index contributed by atoms with van der Waals surface area (Å²) in [5, 5.41) is 15.8. The Morgan fingerprint density at radius 2 is 1.20 bits per heavy atom. The summed E-state index contributed by atoms with van der Waals surface area (Å²) >= 11 is 0. The first-order valence-electron chi connectivity index (χ1n) is 2.06. The summed E-state index contributed by atoms with van der Waals surface area (Å²) in [6, 6.07) is 0. The fraction of sp³-hybridized carbons (Fsp3) is 0.500. The van der Waals surface area contributed by atoms with Crippen molar-refractivity contribution in [2.24, 2.45) is 0 Å². The Kier molecular flexibility index (Phi) is 13.9. The van der Waals surface area contributed by atoms with Crippen LogP contribution in [0, 0.1) is 0 Å². The maximum Gasteiger partial charge on any atom is 2.00 e. The summed E-state index contributed by atoms with van der Waals surface area (Å²) in [5.41, 5.74) is 0. The second-order valence-corrected chi connectivity index (χ2v) is 1.29.